The largest absolute Gasteiger partial charge is 0.344 e. The molecule has 0 aliphatic rings. The van der Waals surface area contributed by atoms with E-state index in [9.17, 15) is 4.79 Å². The average molecular weight is 326 g/mol. The molecule has 0 aliphatic carbocycles. The predicted molar refractivity (Wildman–Crippen MR) is 87.5 cm³/mol. The Bertz CT molecular complexity index is 993. The van der Waals surface area contributed by atoms with E-state index in [1.54, 1.807) is 4.68 Å². The first-order valence-electron chi connectivity index (χ1n) is 7.13. The first-order chi connectivity index (χ1) is 11.1. The second-order valence-corrected chi connectivity index (χ2v) is 6.30. The molecule has 0 saturated carbocycles. The van der Waals surface area contributed by atoms with Gasteiger partial charge in [0.25, 0.3) is 5.91 Å². The first kappa shape index (κ1) is 13.9. The van der Waals surface area contributed by atoms with Crippen molar-refractivity contribution in [2.24, 2.45) is 7.05 Å². The molecule has 1 amide bonds. The summed E-state index contributed by atoms with van der Waals surface area (Å²) in [7, 11) is 1.88. The Kier molecular flexibility index (Phi) is 3.12. The number of hydrogen-bond acceptors (Lipinski definition) is 5. The molecule has 0 atom stereocenters. The van der Waals surface area contributed by atoms with Crippen LogP contribution in [-0.4, -0.2) is 30.3 Å². The van der Waals surface area contributed by atoms with E-state index in [0.29, 0.717) is 17.2 Å². The molecular formula is C15H14N6OS. The molecule has 0 spiro atoms. The Labute approximate surface area is 135 Å². The molecule has 116 valence electrons. The van der Waals surface area contributed by atoms with Crippen molar-refractivity contribution >= 4 is 33.1 Å². The summed E-state index contributed by atoms with van der Waals surface area (Å²) in [5.74, 6) is 0.589. The third kappa shape index (κ3) is 2.27. The Morgan fingerprint density at radius 2 is 2.22 bits per heavy atom. The molecule has 23 heavy (non-hydrogen) atoms. The maximum Gasteiger partial charge on any atom is 0.261 e. The highest BCUT2D eigenvalue weighted by Crippen LogP contribution is 2.27. The summed E-state index contributed by atoms with van der Waals surface area (Å²) < 4.78 is 3.66. The van der Waals surface area contributed by atoms with Gasteiger partial charge in [0.2, 0.25) is 0 Å². The maximum atomic E-state index is 12.4. The standard InChI is InChI=1S/C15H14N6OS/c1-9-10-7-11(23-15(10)20(2)19-9)14(22)16-8-13-18-17-12-5-3-4-6-21(12)13/h3-7H,8H2,1-2H3,(H,16,22). The lowest BCUT2D eigenvalue weighted by Gasteiger charge is -2.02. The van der Waals surface area contributed by atoms with Gasteiger partial charge in [0, 0.05) is 18.6 Å². The molecule has 7 nitrogen and oxygen atoms in total. The van der Waals surface area contributed by atoms with Crippen molar-refractivity contribution in [3.05, 3.63) is 46.9 Å². The molecule has 1 N–H and O–H groups in total. The van der Waals surface area contributed by atoms with Gasteiger partial charge in [-0.2, -0.15) is 5.10 Å². The monoisotopic (exact) mass is 326 g/mol. The van der Waals surface area contributed by atoms with Gasteiger partial charge in [0.1, 0.15) is 4.83 Å². The van der Waals surface area contributed by atoms with E-state index in [4.69, 9.17) is 0 Å². The second-order valence-electron chi connectivity index (χ2n) is 5.27. The number of thiophene rings is 1. The van der Waals surface area contributed by atoms with Crippen LogP contribution < -0.4 is 5.32 Å². The third-order valence-electron chi connectivity index (χ3n) is 3.71. The van der Waals surface area contributed by atoms with Gasteiger partial charge < -0.3 is 5.32 Å². The molecule has 4 heterocycles. The number of aryl methyl sites for hydroxylation is 2. The van der Waals surface area contributed by atoms with Crippen molar-refractivity contribution in [3.8, 4) is 0 Å². The highest BCUT2D eigenvalue weighted by Gasteiger charge is 2.15. The molecule has 8 heteroatoms. The van der Waals surface area contributed by atoms with Crippen LogP contribution in [0.3, 0.4) is 0 Å². The molecule has 0 aliphatic heterocycles. The number of nitrogens with one attached hydrogen (secondary N) is 1. The van der Waals surface area contributed by atoms with Crippen LogP contribution in [0.15, 0.2) is 30.5 Å². The lowest BCUT2D eigenvalue weighted by atomic mass is 10.3. The predicted octanol–water partition coefficient (Wildman–Crippen LogP) is 1.92. The maximum absolute atomic E-state index is 12.4. The van der Waals surface area contributed by atoms with Crippen LogP contribution in [0.4, 0.5) is 0 Å². The Balaban J connectivity index is 1.56. The number of rotatable bonds is 3. The van der Waals surface area contributed by atoms with Crippen LogP contribution in [0.25, 0.3) is 15.9 Å². The smallest absolute Gasteiger partial charge is 0.261 e. The van der Waals surface area contributed by atoms with Crippen LogP contribution in [0.5, 0.6) is 0 Å². The quantitative estimate of drug-likeness (QED) is 0.624. The van der Waals surface area contributed by atoms with Crippen molar-refractivity contribution in [2.75, 3.05) is 0 Å². The fraction of sp³-hybridized carbons (Fsp3) is 0.200. The van der Waals surface area contributed by atoms with Gasteiger partial charge in [-0.3, -0.25) is 13.9 Å². The van der Waals surface area contributed by atoms with Crippen molar-refractivity contribution in [1.82, 2.24) is 29.7 Å². The van der Waals surface area contributed by atoms with E-state index in [2.05, 4.69) is 20.6 Å². The number of hydrogen-bond donors (Lipinski definition) is 1. The number of carbonyl (C=O) groups excluding carboxylic acids is 1. The number of aromatic nitrogens is 5. The minimum absolute atomic E-state index is 0.113. The molecule has 4 rings (SSSR count). The summed E-state index contributed by atoms with van der Waals surface area (Å²) in [6.45, 7) is 2.27. The molecule has 0 aromatic carbocycles. The fourth-order valence-electron chi connectivity index (χ4n) is 2.58. The van der Waals surface area contributed by atoms with Gasteiger partial charge in [0.05, 0.1) is 17.1 Å². The number of fused-ring (bicyclic) bond motifs is 2. The highest BCUT2D eigenvalue weighted by atomic mass is 32.1. The Hall–Kier alpha value is -2.74. The fourth-order valence-corrected chi connectivity index (χ4v) is 3.61. The van der Waals surface area contributed by atoms with Gasteiger partial charge in [0.15, 0.2) is 11.5 Å². The van der Waals surface area contributed by atoms with E-state index in [0.717, 1.165) is 21.6 Å². The van der Waals surface area contributed by atoms with Crippen LogP contribution in [0.1, 0.15) is 21.2 Å². The van der Waals surface area contributed by atoms with E-state index >= 15 is 0 Å². The number of pyridine rings is 1. The minimum Gasteiger partial charge on any atom is -0.344 e. The topological polar surface area (TPSA) is 77.1 Å². The van der Waals surface area contributed by atoms with Gasteiger partial charge in [-0.25, -0.2) is 0 Å². The van der Waals surface area contributed by atoms with Gasteiger partial charge in [-0.1, -0.05) is 6.07 Å². The summed E-state index contributed by atoms with van der Waals surface area (Å²) in [4.78, 5) is 14.1. The van der Waals surface area contributed by atoms with Crippen molar-refractivity contribution in [1.29, 1.82) is 0 Å². The van der Waals surface area contributed by atoms with Crippen molar-refractivity contribution in [2.45, 2.75) is 13.5 Å². The summed E-state index contributed by atoms with van der Waals surface area (Å²) in [6.07, 6.45) is 1.88. The summed E-state index contributed by atoms with van der Waals surface area (Å²) in [5, 5.41) is 16.5. The first-order valence-corrected chi connectivity index (χ1v) is 7.95. The zero-order chi connectivity index (χ0) is 16.0. The number of carbonyl (C=O) groups is 1. The average Bonchev–Trinajstić information content (AvgIpc) is 3.22. The molecule has 0 bridgehead atoms. The zero-order valence-electron chi connectivity index (χ0n) is 12.6. The Morgan fingerprint density at radius 1 is 1.35 bits per heavy atom. The summed E-state index contributed by atoms with van der Waals surface area (Å²) in [5.41, 5.74) is 1.70. The van der Waals surface area contributed by atoms with Gasteiger partial charge in [-0.05, 0) is 25.1 Å². The molecular weight excluding hydrogens is 312 g/mol. The van der Waals surface area contributed by atoms with Crippen LogP contribution in [0, 0.1) is 6.92 Å². The molecule has 4 aromatic rings. The van der Waals surface area contributed by atoms with E-state index in [1.165, 1.54) is 11.3 Å². The normalized spacial score (nSPS) is 11.4. The van der Waals surface area contributed by atoms with E-state index in [-0.39, 0.29) is 5.91 Å². The summed E-state index contributed by atoms with van der Waals surface area (Å²) >= 11 is 1.44. The summed E-state index contributed by atoms with van der Waals surface area (Å²) in [6, 6.07) is 7.57. The van der Waals surface area contributed by atoms with Crippen LogP contribution in [-0.2, 0) is 13.6 Å². The van der Waals surface area contributed by atoms with Gasteiger partial charge in [-0.15, -0.1) is 21.5 Å². The molecule has 0 saturated heterocycles. The SMILES string of the molecule is Cc1nn(C)c2sc(C(=O)NCc3nnc4ccccn34)cc12. The molecule has 4 aromatic heterocycles. The van der Waals surface area contributed by atoms with Crippen LogP contribution >= 0.6 is 11.3 Å². The molecule has 0 fully saturated rings. The lowest BCUT2D eigenvalue weighted by molar-refractivity contribution is 0.0954. The van der Waals surface area contributed by atoms with Crippen molar-refractivity contribution in [3.63, 3.8) is 0 Å². The zero-order valence-corrected chi connectivity index (χ0v) is 13.5. The lowest BCUT2D eigenvalue weighted by Crippen LogP contribution is -2.23. The van der Waals surface area contributed by atoms with E-state index < -0.39 is 0 Å². The van der Waals surface area contributed by atoms with E-state index in [1.807, 2.05) is 48.8 Å². The number of nitrogens with zero attached hydrogens (tertiary/aromatic N) is 5. The minimum atomic E-state index is -0.113. The highest BCUT2D eigenvalue weighted by molar-refractivity contribution is 7.20. The second kappa shape index (κ2) is 5.17. The molecule has 0 radical (unpaired) electrons. The van der Waals surface area contributed by atoms with Gasteiger partial charge >= 0.3 is 0 Å². The number of amides is 1. The van der Waals surface area contributed by atoms with Crippen LogP contribution in [0.2, 0.25) is 0 Å². The Morgan fingerprint density at radius 3 is 3.04 bits per heavy atom. The van der Waals surface area contributed by atoms with Crippen molar-refractivity contribution < 1.29 is 4.79 Å². The molecule has 0 unspecified atom stereocenters. The third-order valence-corrected chi connectivity index (χ3v) is 4.91.